The minimum atomic E-state index is -0.256. The van der Waals surface area contributed by atoms with Crippen LogP contribution in [0, 0.1) is 0 Å². The zero-order chi connectivity index (χ0) is 13.2. The molecule has 0 spiro atoms. The smallest absolute Gasteiger partial charge is 0.249 e. The van der Waals surface area contributed by atoms with Gasteiger partial charge < -0.3 is 9.64 Å². The number of hydrogen-bond acceptors (Lipinski definition) is 3. The molecule has 1 saturated heterocycles. The van der Waals surface area contributed by atoms with Gasteiger partial charge in [0.2, 0.25) is 5.91 Å². The fourth-order valence-electron chi connectivity index (χ4n) is 2.20. The molecule has 1 aromatic rings. The van der Waals surface area contributed by atoms with Crippen LogP contribution in [-0.4, -0.2) is 29.6 Å². The van der Waals surface area contributed by atoms with Gasteiger partial charge in [0.05, 0.1) is 11.6 Å². The van der Waals surface area contributed by atoms with Crippen LogP contribution in [-0.2, 0) is 9.53 Å². The van der Waals surface area contributed by atoms with E-state index in [0.29, 0.717) is 0 Å². The molecule has 0 N–H and O–H groups in total. The highest BCUT2D eigenvalue weighted by Gasteiger charge is 2.31. The molecule has 1 aliphatic heterocycles. The highest BCUT2D eigenvalue weighted by molar-refractivity contribution is 7.10. The molecule has 0 bridgehead atoms. The first-order valence-corrected chi connectivity index (χ1v) is 7.32. The van der Waals surface area contributed by atoms with Crippen molar-refractivity contribution >= 4 is 17.2 Å². The zero-order valence-electron chi connectivity index (χ0n) is 11.3. The molecule has 2 rings (SSSR count). The van der Waals surface area contributed by atoms with E-state index in [0.717, 1.165) is 19.4 Å². The molecule has 1 aromatic heterocycles. The summed E-state index contributed by atoms with van der Waals surface area (Å²) in [5, 5.41) is 2.07. The molecule has 2 heterocycles. The Morgan fingerprint density at radius 3 is 2.94 bits per heavy atom. The molecule has 3 nitrogen and oxygen atoms in total. The molecule has 0 aliphatic carbocycles. The summed E-state index contributed by atoms with van der Waals surface area (Å²) in [6.45, 7) is 6.96. The lowest BCUT2D eigenvalue weighted by Crippen LogP contribution is -2.35. The lowest BCUT2D eigenvalue weighted by molar-refractivity contribution is -0.141. The molecule has 0 aromatic carbocycles. The minimum Gasteiger partial charge on any atom is -0.366 e. The average Bonchev–Trinajstić information content (AvgIpc) is 2.94. The molecule has 0 radical (unpaired) electrons. The van der Waals surface area contributed by atoms with Crippen molar-refractivity contribution in [1.29, 1.82) is 0 Å². The van der Waals surface area contributed by atoms with Gasteiger partial charge in [-0.2, -0.15) is 0 Å². The average molecular weight is 267 g/mol. The van der Waals surface area contributed by atoms with E-state index < -0.39 is 0 Å². The highest BCUT2D eigenvalue weighted by Crippen LogP contribution is 2.34. The maximum Gasteiger partial charge on any atom is 0.249 e. The predicted octanol–water partition coefficient (Wildman–Crippen LogP) is 3.23. The van der Waals surface area contributed by atoms with Gasteiger partial charge in [0.25, 0.3) is 0 Å². The Morgan fingerprint density at radius 1 is 1.56 bits per heavy atom. The molecule has 4 heteroatoms. The predicted molar refractivity (Wildman–Crippen MR) is 73.7 cm³/mol. The van der Waals surface area contributed by atoms with E-state index in [-0.39, 0.29) is 24.2 Å². The number of amides is 1. The van der Waals surface area contributed by atoms with Crippen LogP contribution in [0.25, 0.3) is 0 Å². The lowest BCUT2D eigenvalue weighted by atomic mass is 10.2. The molecule has 1 atom stereocenters. The molecular formula is C14H21NO2S. The van der Waals surface area contributed by atoms with Crippen molar-refractivity contribution in [2.75, 3.05) is 13.2 Å². The van der Waals surface area contributed by atoms with Gasteiger partial charge in [-0.05, 0) is 45.1 Å². The Morgan fingerprint density at radius 2 is 2.33 bits per heavy atom. The summed E-state index contributed by atoms with van der Waals surface area (Å²) in [5.74, 6) is 0.112. The Labute approximate surface area is 113 Å². The second-order valence-electron chi connectivity index (χ2n) is 5.66. The standard InChI is InChI=1S/C14H21NO2S/c1-14(2,3)17-10-13(16)15-8-4-6-11(15)12-7-5-9-18-12/h5,7,9,11H,4,6,8,10H2,1-3H3. The van der Waals surface area contributed by atoms with Gasteiger partial charge in [0.15, 0.2) is 0 Å². The maximum absolute atomic E-state index is 12.2. The van der Waals surface area contributed by atoms with Crippen LogP contribution < -0.4 is 0 Å². The summed E-state index contributed by atoms with van der Waals surface area (Å²) in [4.78, 5) is 15.5. The Kier molecular flexibility index (Phi) is 4.07. The number of ether oxygens (including phenoxy) is 1. The van der Waals surface area contributed by atoms with E-state index in [1.165, 1.54) is 4.88 Å². The molecule has 1 fully saturated rings. The van der Waals surface area contributed by atoms with Gasteiger partial charge in [0.1, 0.15) is 6.61 Å². The van der Waals surface area contributed by atoms with Gasteiger partial charge in [-0.3, -0.25) is 4.79 Å². The quantitative estimate of drug-likeness (QED) is 0.841. The normalized spacial score (nSPS) is 20.4. The maximum atomic E-state index is 12.2. The third-order valence-electron chi connectivity index (χ3n) is 3.07. The van der Waals surface area contributed by atoms with Gasteiger partial charge >= 0.3 is 0 Å². The van der Waals surface area contributed by atoms with Crippen molar-refractivity contribution in [2.45, 2.75) is 45.3 Å². The van der Waals surface area contributed by atoms with Crippen LogP contribution in [0.1, 0.15) is 44.5 Å². The highest BCUT2D eigenvalue weighted by atomic mass is 32.1. The van der Waals surface area contributed by atoms with Crippen molar-refractivity contribution in [1.82, 2.24) is 4.90 Å². The van der Waals surface area contributed by atoms with E-state index in [2.05, 4.69) is 11.4 Å². The topological polar surface area (TPSA) is 29.5 Å². The number of thiophene rings is 1. The number of carbonyl (C=O) groups excluding carboxylic acids is 1. The van der Waals surface area contributed by atoms with Crippen LogP contribution >= 0.6 is 11.3 Å². The third kappa shape index (κ3) is 3.33. The second-order valence-corrected chi connectivity index (χ2v) is 6.64. The Hall–Kier alpha value is -0.870. The number of rotatable bonds is 3. The largest absolute Gasteiger partial charge is 0.366 e. The summed E-state index contributed by atoms with van der Waals surface area (Å²) in [6.07, 6.45) is 2.16. The van der Waals surface area contributed by atoms with E-state index in [4.69, 9.17) is 4.74 Å². The van der Waals surface area contributed by atoms with Crippen LogP contribution in [0.15, 0.2) is 17.5 Å². The van der Waals surface area contributed by atoms with Crippen molar-refractivity contribution in [3.05, 3.63) is 22.4 Å². The molecule has 1 unspecified atom stereocenters. The zero-order valence-corrected chi connectivity index (χ0v) is 12.1. The summed E-state index contributed by atoms with van der Waals surface area (Å²) in [6, 6.07) is 4.43. The molecule has 18 heavy (non-hydrogen) atoms. The number of likely N-dealkylation sites (tertiary alicyclic amines) is 1. The fourth-order valence-corrected chi connectivity index (χ4v) is 3.08. The van der Waals surface area contributed by atoms with Crippen molar-refractivity contribution in [3.63, 3.8) is 0 Å². The summed E-state index contributed by atoms with van der Waals surface area (Å²) in [7, 11) is 0. The number of carbonyl (C=O) groups is 1. The second kappa shape index (κ2) is 5.41. The fraction of sp³-hybridized carbons (Fsp3) is 0.643. The van der Waals surface area contributed by atoms with E-state index in [9.17, 15) is 4.79 Å². The molecule has 1 amide bonds. The van der Waals surface area contributed by atoms with Crippen LogP contribution in [0.2, 0.25) is 0 Å². The summed E-state index contributed by atoms with van der Waals surface area (Å²) < 4.78 is 5.58. The van der Waals surface area contributed by atoms with Crippen molar-refractivity contribution < 1.29 is 9.53 Å². The Bertz CT molecular complexity index is 394. The summed E-state index contributed by atoms with van der Waals surface area (Å²) >= 11 is 1.73. The lowest BCUT2D eigenvalue weighted by Gasteiger charge is -2.26. The van der Waals surface area contributed by atoms with E-state index in [1.54, 1.807) is 11.3 Å². The first kappa shape index (κ1) is 13.6. The first-order chi connectivity index (χ1) is 8.47. The molecule has 100 valence electrons. The van der Waals surface area contributed by atoms with Gasteiger partial charge in [-0.25, -0.2) is 0 Å². The Balaban J connectivity index is 1.97. The third-order valence-corrected chi connectivity index (χ3v) is 4.05. The van der Waals surface area contributed by atoms with Gasteiger partial charge in [-0.15, -0.1) is 11.3 Å². The van der Waals surface area contributed by atoms with Gasteiger partial charge in [0, 0.05) is 11.4 Å². The van der Waals surface area contributed by atoms with Crippen LogP contribution in [0.3, 0.4) is 0 Å². The van der Waals surface area contributed by atoms with Crippen LogP contribution in [0.4, 0.5) is 0 Å². The first-order valence-electron chi connectivity index (χ1n) is 6.44. The van der Waals surface area contributed by atoms with Gasteiger partial charge in [-0.1, -0.05) is 6.07 Å². The number of nitrogens with zero attached hydrogens (tertiary/aromatic N) is 1. The van der Waals surface area contributed by atoms with E-state index >= 15 is 0 Å². The van der Waals surface area contributed by atoms with Crippen molar-refractivity contribution in [3.8, 4) is 0 Å². The molecule has 0 saturated carbocycles. The molecular weight excluding hydrogens is 246 g/mol. The minimum absolute atomic E-state index is 0.112. The SMILES string of the molecule is CC(C)(C)OCC(=O)N1CCCC1c1cccs1. The summed E-state index contributed by atoms with van der Waals surface area (Å²) in [5.41, 5.74) is -0.256. The molecule has 1 aliphatic rings. The number of hydrogen-bond donors (Lipinski definition) is 0. The van der Waals surface area contributed by atoms with Crippen LogP contribution in [0.5, 0.6) is 0 Å². The monoisotopic (exact) mass is 267 g/mol. The van der Waals surface area contributed by atoms with Crippen molar-refractivity contribution in [2.24, 2.45) is 0 Å². The van der Waals surface area contributed by atoms with E-state index in [1.807, 2.05) is 31.7 Å².